The molecule has 2 rings (SSSR count). The van der Waals surface area contributed by atoms with Gasteiger partial charge in [-0.05, 0) is 25.0 Å². The number of nitrogens with zero attached hydrogens (tertiary/aromatic N) is 2. The van der Waals surface area contributed by atoms with Crippen LogP contribution in [0, 0.1) is 6.92 Å². The van der Waals surface area contributed by atoms with Crippen molar-refractivity contribution in [1.82, 2.24) is 9.97 Å². The van der Waals surface area contributed by atoms with Gasteiger partial charge in [-0.3, -0.25) is 4.79 Å². The third kappa shape index (κ3) is 2.53. The molecule has 1 amide bonds. The Bertz CT molecular complexity index is 576. The predicted octanol–water partition coefficient (Wildman–Crippen LogP) is 2.11. The van der Waals surface area contributed by atoms with E-state index in [1.54, 1.807) is 0 Å². The normalized spacial score (nSPS) is 10.3. The van der Waals surface area contributed by atoms with Gasteiger partial charge < -0.3 is 5.73 Å². The molecule has 18 heavy (non-hydrogen) atoms. The average Bonchev–Trinajstić information content (AvgIpc) is 2.38. The van der Waals surface area contributed by atoms with Crippen LogP contribution in [0.25, 0.3) is 11.3 Å². The molecule has 4 nitrogen and oxygen atoms in total. The lowest BCUT2D eigenvalue weighted by Gasteiger charge is -2.05. The van der Waals surface area contributed by atoms with Gasteiger partial charge in [0.15, 0.2) is 0 Å². The summed E-state index contributed by atoms with van der Waals surface area (Å²) in [5, 5.41) is 0. The number of hydrogen-bond donors (Lipinski definition) is 1. The molecule has 0 aliphatic carbocycles. The first-order valence-corrected chi connectivity index (χ1v) is 5.85. The molecule has 4 heteroatoms. The van der Waals surface area contributed by atoms with Gasteiger partial charge in [0, 0.05) is 11.3 Å². The Balaban J connectivity index is 2.46. The van der Waals surface area contributed by atoms with E-state index in [0.717, 1.165) is 23.4 Å². The lowest BCUT2D eigenvalue weighted by Crippen LogP contribution is -2.16. The van der Waals surface area contributed by atoms with Crippen LogP contribution < -0.4 is 5.73 Å². The van der Waals surface area contributed by atoms with Crippen LogP contribution in [0.1, 0.15) is 28.8 Å². The van der Waals surface area contributed by atoms with E-state index < -0.39 is 5.91 Å². The van der Waals surface area contributed by atoms with Crippen molar-refractivity contribution in [3.63, 3.8) is 0 Å². The molecule has 0 aliphatic rings. The van der Waals surface area contributed by atoms with Crippen LogP contribution in [-0.4, -0.2) is 15.9 Å². The Kier molecular flexibility index (Phi) is 3.37. The first-order valence-electron chi connectivity index (χ1n) is 5.85. The monoisotopic (exact) mass is 241 g/mol. The summed E-state index contributed by atoms with van der Waals surface area (Å²) in [6.07, 6.45) is 0.996. The molecule has 0 spiro atoms. The number of aromatic nitrogens is 2. The lowest BCUT2D eigenvalue weighted by atomic mass is 10.1. The zero-order valence-electron chi connectivity index (χ0n) is 10.5. The summed E-state index contributed by atoms with van der Waals surface area (Å²) in [5.41, 5.74) is 8.88. The summed E-state index contributed by atoms with van der Waals surface area (Å²) in [6, 6.07) is 9.93. The highest BCUT2D eigenvalue weighted by molar-refractivity contribution is 5.89. The molecule has 0 fully saturated rings. The molecule has 0 aliphatic heterocycles. The van der Waals surface area contributed by atoms with Gasteiger partial charge in [-0.2, -0.15) is 0 Å². The number of rotatable bonds is 3. The number of carbonyl (C=O) groups excluding carboxylic acids is 1. The van der Waals surface area contributed by atoms with Gasteiger partial charge in [-0.15, -0.1) is 0 Å². The number of amides is 1. The molecule has 2 aromatic rings. The lowest BCUT2D eigenvalue weighted by molar-refractivity contribution is 0.0990. The van der Waals surface area contributed by atoms with E-state index in [1.807, 2.05) is 25.1 Å². The molecule has 0 atom stereocenters. The van der Waals surface area contributed by atoms with E-state index >= 15 is 0 Å². The fourth-order valence-corrected chi connectivity index (χ4v) is 1.74. The molecular weight excluding hydrogens is 226 g/mol. The van der Waals surface area contributed by atoms with Crippen LogP contribution in [0.2, 0.25) is 0 Å². The molecule has 1 aromatic carbocycles. The van der Waals surface area contributed by atoms with Crippen LogP contribution in [0.15, 0.2) is 30.3 Å². The molecule has 92 valence electrons. The largest absolute Gasteiger partial charge is 0.363 e. The molecule has 0 saturated carbocycles. The van der Waals surface area contributed by atoms with Crippen molar-refractivity contribution in [2.45, 2.75) is 20.3 Å². The Morgan fingerprint density at radius 3 is 2.44 bits per heavy atom. The second-order valence-electron chi connectivity index (χ2n) is 4.13. The average molecular weight is 241 g/mol. The van der Waals surface area contributed by atoms with Crippen molar-refractivity contribution >= 4 is 5.91 Å². The van der Waals surface area contributed by atoms with Crippen molar-refractivity contribution < 1.29 is 4.79 Å². The fourth-order valence-electron chi connectivity index (χ4n) is 1.74. The number of carbonyl (C=O) groups is 1. The van der Waals surface area contributed by atoms with E-state index in [9.17, 15) is 4.79 Å². The third-order valence-corrected chi connectivity index (χ3v) is 2.73. The third-order valence-electron chi connectivity index (χ3n) is 2.73. The Morgan fingerprint density at radius 1 is 1.22 bits per heavy atom. The van der Waals surface area contributed by atoms with Crippen molar-refractivity contribution in [1.29, 1.82) is 0 Å². The van der Waals surface area contributed by atoms with E-state index in [-0.39, 0.29) is 5.82 Å². The molecule has 0 unspecified atom stereocenters. The summed E-state index contributed by atoms with van der Waals surface area (Å²) < 4.78 is 0. The van der Waals surface area contributed by atoms with E-state index in [4.69, 9.17) is 5.73 Å². The van der Waals surface area contributed by atoms with Crippen molar-refractivity contribution in [3.8, 4) is 11.3 Å². The van der Waals surface area contributed by atoms with Crippen LogP contribution in [0.4, 0.5) is 0 Å². The zero-order valence-corrected chi connectivity index (χ0v) is 10.5. The smallest absolute Gasteiger partial charge is 0.286 e. The van der Waals surface area contributed by atoms with E-state index in [1.165, 1.54) is 5.56 Å². The first kappa shape index (κ1) is 12.2. The molecular formula is C14H15N3O. The van der Waals surface area contributed by atoms with Gasteiger partial charge in [0.2, 0.25) is 5.82 Å². The van der Waals surface area contributed by atoms with Gasteiger partial charge in [0.05, 0.1) is 5.69 Å². The maximum atomic E-state index is 11.1. The number of primary amides is 1. The minimum Gasteiger partial charge on any atom is -0.363 e. The molecule has 1 heterocycles. The molecule has 2 N–H and O–H groups in total. The summed E-state index contributed by atoms with van der Waals surface area (Å²) >= 11 is 0. The first-order chi connectivity index (χ1) is 8.60. The maximum Gasteiger partial charge on any atom is 0.286 e. The SMILES string of the molecule is CCc1ccc(-c2cc(C)nc(C(N)=O)n2)cc1. The highest BCUT2D eigenvalue weighted by Gasteiger charge is 2.08. The second kappa shape index (κ2) is 4.96. The van der Waals surface area contributed by atoms with E-state index in [0.29, 0.717) is 0 Å². The second-order valence-corrected chi connectivity index (χ2v) is 4.13. The molecule has 0 radical (unpaired) electrons. The summed E-state index contributed by atoms with van der Waals surface area (Å²) in [4.78, 5) is 19.3. The number of aryl methyl sites for hydroxylation is 2. The summed E-state index contributed by atoms with van der Waals surface area (Å²) in [7, 11) is 0. The highest BCUT2D eigenvalue weighted by atomic mass is 16.1. The molecule has 0 saturated heterocycles. The minimum atomic E-state index is -0.606. The Labute approximate surface area is 106 Å². The van der Waals surface area contributed by atoms with E-state index in [2.05, 4.69) is 29.0 Å². The van der Waals surface area contributed by atoms with Gasteiger partial charge in [0.1, 0.15) is 0 Å². The van der Waals surface area contributed by atoms with Gasteiger partial charge >= 0.3 is 0 Å². The highest BCUT2D eigenvalue weighted by Crippen LogP contribution is 2.18. The Morgan fingerprint density at radius 2 is 1.89 bits per heavy atom. The zero-order chi connectivity index (χ0) is 13.1. The van der Waals surface area contributed by atoms with Crippen LogP contribution in [0.5, 0.6) is 0 Å². The van der Waals surface area contributed by atoms with Crippen molar-refractivity contribution in [2.24, 2.45) is 5.73 Å². The van der Waals surface area contributed by atoms with Gasteiger partial charge in [0.25, 0.3) is 5.91 Å². The quantitative estimate of drug-likeness (QED) is 0.894. The number of hydrogen-bond acceptors (Lipinski definition) is 3. The standard InChI is InChI=1S/C14H15N3O/c1-3-10-4-6-11(7-5-10)12-8-9(2)16-14(17-12)13(15)18/h4-8H,3H2,1-2H3,(H2,15,18). The summed E-state index contributed by atoms with van der Waals surface area (Å²) in [6.45, 7) is 3.92. The Hall–Kier alpha value is -2.23. The summed E-state index contributed by atoms with van der Waals surface area (Å²) in [5.74, 6) is -0.547. The minimum absolute atomic E-state index is 0.0598. The maximum absolute atomic E-state index is 11.1. The van der Waals surface area contributed by atoms with Crippen LogP contribution in [0.3, 0.4) is 0 Å². The fraction of sp³-hybridized carbons (Fsp3) is 0.214. The van der Waals surface area contributed by atoms with Crippen molar-refractivity contribution in [3.05, 3.63) is 47.4 Å². The van der Waals surface area contributed by atoms with Crippen LogP contribution >= 0.6 is 0 Å². The van der Waals surface area contributed by atoms with Crippen molar-refractivity contribution in [2.75, 3.05) is 0 Å². The van der Waals surface area contributed by atoms with Gasteiger partial charge in [-0.1, -0.05) is 31.2 Å². The number of benzene rings is 1. The molecule has 0 bridgehead atoms. The number of nitrogens with two attached hydrogens (primary N) is 1. The van der Waals surface area contributed by atoms with Gasteiger partial charge in [-0.25, -0.2) is 9.97 Å². The molecule has 1 aromatic heterocycles. The van der Waals surface area contributed by atoms with Crippen LogP contribution in [-0.2, 0) is 6.42 Å². The predicted molar refractivity (Wildman–Crippen MR) is 70.1 cm³/mol. The topological polar surface area (TPSA) is 68.9 Å².